The van der Waals surface area contributed by atoms with E-state index in [2.05, 4.69) is 39.7 Å². The van der Waals surface area contributed by atoms with Crippen LogP contribution in [-0.2, 0) is 0 Å². The van der Waals surface area contributed by atoms with Crippen molar-refractivity contribution in [3.63, 3.8) is 0 Å². The number of nitrogens with two attached hydrogens (primary N) is 1. The van der Waals surface area contributed by atoms with E-state index in [9.17, 15) is 0 Å². The van der Waals surface area contributed by atoms with Gasteiger partial charge >= 0.3 is 6.01 Å². The maximum absolute atomic E-state index is 6.12. The number of hydrogen-bond donors (Lipinski definition) is 1. The first kappa shape index (κ1) is 17.3. The first-order valence-corrected chi connectivity index (χ1v) is 8.45. The van der Waals surface area contributed by atoms with Crippen molar-refractivity contribution in [3.8, 4) is 11.8 Å². The predicted molar refractivity (Wildman–Crippen MR) is 94.0 cm³/mol. The Morgan fingerprint density at radius 1 is 1.23 bits per heavy atom. The van der Waals surface area contributed by atoms with E-state index in [1.54, 1.807) is 18.3 Å². The van der Waals surface area contributed by atoms with Crippen LogP contribution in [0.2, 0.25) is 10.0 Å². The number of ether oxygens (including phenoxy) is 1. The van der Waals surface area contributed by atoms with Crippen LogP contribution < -0.4 is 10.5 Å². The quantitative estimate of drug-likeness (QED) is 0.637. The van der Waals surface area contributed by atoms with E-state index < -0.39 is 0 Å². The predicted octanol–water partition coefficient (Wildman–Crippen LogP) is 5.82. The van der Waals surface area contributed by atoms with Crippen molar-refractivity contribution < 1.29 is 4.74 Å². The molecule has 2 N–H and O–H groups in total. The molecule has 0 radical (unpaired) electrons. The standard InChI is InChI=1S/C15H16BrCl2N3O/c1-3-8(4-2)13-10(16)7-20-15(21-13)22-14-11(17)5-9(19)6-12(14)18/h5-8H,3-4,19H2,1-2H3. The molecule has 0 unspecified atom stereocenters. The summed E-state index contributed by atoms with van der Waals surface area (Å²) in [6, 6.07) is 3.35. The van der Waals surface area contributed by atoms with Gasteiger partial charge in [0.2, 0.25) is 0 Å². The zero-order valence-electron chi connectivity index (χ0n) is 12.2. The average Bonchev–Trinajstić information content (AvgIpc) is 2.47. The lowest BCUT2D eigenvalue weighted by Gasteiger charge is -2.15. The van der Waals surface area contributed by atoms with Gasteiger partial charge in [-0.25, -0.2) is 4.98 Å². The zero-order valence-corrected chi connectivity index (χ0v) is 15.3. The molecule has 7 heteroatoms. The van der Waals surface area contributed by atoms with E-state index in [0.717, 1.165) is 23.0 Å². The summed E-state index contributed by atoms with van der Waals surface area (Å²) in [5, 5.41) is 0.640. The average molecular weight is 405 g/mol. The Balaban J connectivity index is 2.37. The van der Waals surface area contributed by atoms with Crippen molar-refractivity contribution in [2.45, 2.75) is 32.6 Å². The molecule has 0 aliphatic heterocycles. The number of rotatable bonds is 5. The highest BCUT2D eigenvalue weighted by molar-refractivity contribution is 9.10. The summed E-state index contributed by atoms with van der Waals surface area (Å²) in [5.74, 6) is 0.632. The van der Waals surface area contributed by atoms with Gasteiger partial charge in [0.05, 0.1) is 20.2 Å². The molecule has 1 aromatic carbocycles. The summed E-state index contributed by atoms with van der Waals surface area (Å²) >= 11 is 15.7. The van der Waals surface area contributed by atoms with Gasteiger partial charge in [0, 0.05) is 17.8 Å². The Morgan fingerprint density at radius 3 is 2.36 bits per heavy atom. The highest BCUT2D eigenvalue weighted by Gasteiger charge is 2.17. The second-order valence-corrected chi connectivity index (χ2v) is 6.48. The highest BCUT2D eigenvalue weighted by Crippen LogP contribution is 2.38. The molecule has 1 aromatic heterocycles. The summed E-state index contributed by atoms with van der Waals surface area (Å²) in [6.07, 6.45) is 3.64. The summed E-state index contributed by atoms with van der Waals surface area (Å²) in [5.41, 5.74) is 7.06. The van der Waals surface area contributed by atoms with Crippen molar-refractivity contribution in [3.05, 3.63) is 38.5 Å². The molecule has 2 aromatic rings. The van der Waals surface area contributed by atoms with E-state index in [1.165, 1.54) is 0 Å². The summed E-state index contributed by atoms with van der Waals surface area (Å²) < 4.78 is 6.53. The van der Waals surface area contributed by atoms with Gasteiger partial charge in [-0.05, 0) is 40.9 Å². The second kappa shape index (κ2) is 7.49. The minimum atomic E-state index is 0.207. The number of benzene rings is 1. The van der Waals surface area contributed by atoms with Gasteiger partial charge in [0.1, 0.15) is 0 Å². The number of aromatic nitrogens is 2. The van der Waals surface area contributed by atoms with E-state index in [1.807, 2.05) is 0 Å². The molecule has 2 rings (SSSR count). The minimum absolute atomic E-state index is 0.207. The van der Waals surface area contributed by atoms with Crippen LogP contribution in [0.4, 0.5) is 5.69 Å². The molecule has 0 aliphatic carbocycles. The minimum Gasteiger partial charge on any atom is -0.421 e. The lowest BCUT2D eigenvalue weighted by Crippen LogP contribution is -2.03. The lowest BCUT2D eigenvalue weighted by atomic mass is 9.99. The monoisotopic (exact) mass is 403 g/mol. The molecule has 0 spiro atoms. The summed E-state index contributed by atoms with van der Waals surface area (Å²) in [7, 11) is 0. The number of anilines is 1. The molecule has 1 heterocycles. The molecule has 0 atom stereocenters. The Kier molecular flexibility index (Phi) is 5.89. The van der Waals surface area contributed by atoms with E-state index >= 15 is 0 Å². The van der Waals surface area contributed by atoms with Crippen LogP contribution in [0.25, 0.3) is 0 Å². The Morgan fingerprint density at radius 2 is 1.82 bits per heavy atom. The molecule has 0 fully saturated rings. The lowest BCUT2D eigenvalue weighted by molar-refractivity contribution is 0.435. The van der Waals surface area contributed by atoms with Gasteiger partial charge in [-0.15, -0.1) is 0 Å². The first-order valence-electron chi connectivity index (χ1n) is 6.91. The third-order valence-corrected chi connectivity index (χ3v) is 4.51. The van der Waals surface area contributed by atoms with Crippen LogP contribution in [0.5, 0.6) is 11.8 Å². The van der Waals surface area contributed by atoms with Crippen molar-refractivity contribution in [2.75, 3.05) is 5.73 Å². The zero-order chi connectivity index (χ0) is 16.3. The van der Waals surface area contributed by atoms with Crippen LogP contribution in [0.3, 0.4) is 0 Å². The summed E-state index contributed by atoms with van der Waals surface area (Å²) in [4.78, 5) is 8.65. The van der Waals surface area contributed by atoms with Crippen LogP contribution in [0.1, 0.15) is 38.3 Å². The molecule has 0 aliphatic rings. The molecule has 4 nitrogen and oxygen atoms in total. The molecule has 118 valence electrons. The van der Waals surface area contributed by atoms with Crippen LogP contribution >= 0.6 is 39.1 Å². The summed E-state index contributed by atoms with van der Waals surface area (Å²) in [6.45, 7) is 4.24. The number of hydrogen-bond acceptors (Lipinski definition) is 4. The van der Waals surface area contributed by atoms with Gasteiger partial charge in [-0.1, -0.05) is 37.0 Å². The van der Waals surface area contributed by atoms with Crippen LogP contribution in [0, 0.1) is 0 Å². The third-order valence-electron chi connectivity index (χ3n) is 3.34. The van der Waals surface area contributed by atoms with Gasteiger partial charge < -0.3 is 10.5 Å². The van der Waals surface area contributed by atoms with Gasteiger partial charge in [0.15, 0.2) is 5.75 Å². The smallest absolute Gasteiger partial charge is 0.322 e. The molecule has 0 saturated heterocycles. The maximum atomic E-state index is 6.12. The molecular formula is C15H16BrCl2N3O. The topological polar surface area (TPSA) is 61.0 Å². The van der Waals surface area contributed by atoms with Gasteiger partial charge in [0.25, 0.3) is 0 Å². The van der Waals surface area contributed by atoms with Crippen molar-refractivity contribution in [1.29, 1.82) is 0 Å². The Labute approximate surface area is 148 Å². The van der Waals surface area contributed by atoms with Crippen molar-refractivity contribution >= 4 is 44.8 Å². The maximum Gasteiger partial charge on any atom is 0.322 e. The number of halogens is 3. The fraction of sp³-hybridized carbons (Fsp3) is 0.333. The van der Waals surface area contributed by atoms with Crippen molar-refractivity contribution in [1.82, 2.24) is 9.97 Å². The second-order valence-electron chi connectivity index (χ2n) is 4.81. The molecule has 0 amide bonds. The van der Waals surface area contributed by atoms with Gasteiger partial charge in [-0.3, -0.25) is 0 Å². The van der Waals surface area contributed by atoms with E-state index in [0.29, 0.717) is 27.4 Å². The molecule has 0 bridgehead atoms. The fourth-order valence-electron chi connectivity index (χ4n) is 2.14. The normalized spacial score (nSPS) is 11.0. The largest absolute Gasteiger partial charge is 0.421 e. The Hall–Kier alpha value is -1.04. The highest BCUT2D eigenvalue weighted by atomic mass is 79.9. The Bertz CT molecular complexity index is 655. The molecule has 22 heavy (non-hydrogen) atoms. The SMILES string of the molecule is CCC(CC)c1nc(Oc2c(Cl)cc(N)cc2Cl)ncc1Br. The van der Waals surface area contributed by atoms with Crippen molar-refractivity contribution in [2.24, 2.45) is 0 Å². The third kappa shape index (κ3) is 3.83. The van der Waals surface area contributed by atoms with E-state index in [4.69, 9.17) is 33.7 Å². The van der Waals surface area contributed by atoms with E-state index in [-0.39, 0.29) is 6.01 Å². The number of nitrogens with zero attached hydrogens (tertiary/aromatic N) is 2. The molecule has 0 saturated carbocycles. The molecular weight excluding hydrogens is 389 g/mol. The number of nitrogen functional groups attached to an aromatic ring is 1. The first-order chi connectivity index (χ1) is 10.5. The van der Waals surface area contributed by atoms with Gasteiger partial charge in [-0.2, -0.15) is 4.98 Å². The van der Waals surface area contributed by atoms with Crippen LogP contribution in [-0.4, -0.2) is 9.97 Å². The van der Waals surface area contributed by atoms with Crippen LogP contribution in [0.15, 0.2) is 22.8 Å². The fourth-order valence-corrected chi connectivity index (χ4v) is 3.24.